The van der Waals surface area contributed by atoms with Gasteiger partial charge in [-0.25, -0.2) is 0 Å². The van der Waals surface area contributed by atoms with Gasteiger partial charge in [0, 0.05) is 19.1 Å². The number of methoxy groups -OCH3 is 1. The number of rotatable bonds is 3. The number of ether oxygens (including phenoxy) is 3. The van der Waals surface area contributed by atoms with Crippen LogP contribution in [-0.2, 0) is 14.9 Å². The second kappa shape index (κ2) is 5.03. The van der Waals surface area contributed by atoms with Gasteiger partial charge < -0.3 is 14.2 Å². The normalized spacial score (nSPS) is 30.6. The fourth-order valence-corrected chi connectivity index (χ4v) is 3.53. The van der Waals surface area contributed by atoms with Gasteiger partial charge in [-0.15, -0.1) is 0 Å². The van der Waals surface area contributed by atoms with Crippen LogP contribution in [0.1, 0.15) is 22.3 Å². The fourth-order valence-electron chi connectivity index (χ4n) is 3.53. The average molecular weight is 313 g/mol. The van der Waals surface area contributed by atoms with Crippen LogP contribution in [0.15, 0.2) is 29.3 Å². The minimum atomic E-state index is -0.966. The molecule has 1 aromatic rings. The first-order chi connectivity index (χ1) is 11.2. The summed E-state index contributed by atoms with van der Waals surface area (Å²) in [6.07, 6.45) is 6.27. The Morgan fingerprint density at radius 1 is 1.35 bits per heavy atom. The van der Waals surface area contributed by atoms with E-state index in [0.29, 0.717) is 29.0 Å². The van der Waals surface area contributed by atoms with Gasteiger partial charge >= 0.3 is 0 Å². The Bertz CT molecular complexity index is 754. The second-order valence-corrected chi connectivity index (χ2v) is 5.81. The molecule has 4 rings (SSSR count). The number of benzene rings is 1. The lowest BCUT2D eigenvalue weighted by Crippen LogP contribution is -2.45. The van der Waals surface area contributed by atoms with Crippen molar-refractivity contribution in [3.8, 4) is 11.5 Å². The van der Waals surface area contributed by atoms with Crippen molar-refractivity contribution in [2.75, 3.05) is 13.9 Å². The van der Waals surface area contributed by atoms with Crippen molar-refractivity contribution in [3.63, 3.8) is 0 Å². The van der Waals surface area contributed by atoms with Crippen molar-refractivity contribution >= 4 is 18.3 Å². The maximum atomic E-state index is 12.7. The topological polar surface area (TPSA) is 74.2 Å². The highest BCUT2D eigenvalue weighted by Crippen LogP contribution is 2.46. The van der Waals surface area contributed by atoms with Gasteiger partial charge in [-0.05, 0) is 17.7 Å². The van der Waals surface area contributed by atoms with Crippen molar-refractivity contribution in [2.24, 2.45) is 4.99 Å². The van der Waals surface area contributed by atoms with E-state index >= 15 is 0 Å². The van der Waals surface area contributed by atoms with Crippen LogP contribution < -0.4 is 9.47 Å². The van der Waals surface area contributed by atoms with Crippen molar-refractivity contribution in [3.05, 3.63) is 35.4 Å². The van der Waals surface area contributed by atoms with Crippen LogP contribution in [0.4, 0.5) is 0 Å². The van der Waals surface area contributed by atoms with Crippen LogP contribution in [-0.4, -0.2) is 44.3 Å². The molecule has 0 radical (unpaired) electrons. The molecule has 3 aliphatic rings. The Morgan fingerprint density at radius 2 is 2.13 bits per heavy atom. The molecule has 0 spiro atoms. The SMILES string of the molecule is CO[C@@H]1C=C[C@@]2(c3cc4c(cc3C=O)OCO4)C(=O)C=N[C@H]2C1. The molecule has 0 N–H and O–H groups in total. The summed E-state index contributed by atoms with van der Waals surface area (Å²) in [7, 11) is 1.62. The zero-order valence-electron chi connectivity index (χ0n) is 12.5. The quantitative estimate of drug-likeness (QED) is 0.624. The van der Waals surface area contributed by atoms with Gasteiger partial charge in [0.05, 0.1) is 18.4 Å². The molecule has 6 nitrogen and oxygen atoms in total. The van der Waals surface area contributed by atoms with E-state index in [1.807, 2.05) is 12.2 Å². The third-order valence-electron chi connectivity index (χ3n) is 4.75. The van der Waals surface area contributed by atoms with Crippen LogP contribution in [0, 0.1) is 0 Å². The first-order valence-corrected chi connectivity index (χ1v) is 7.38. The summed E-state index contributed by atoms with van der Waals surface area (Å²) >= 11 is 0. The molecular weight excluding hydrogens is 298 g/mol. The molecule has 118 valence electrons. The third kappa shape index (κ3) is 1.88. The summed E-state index contributed by atoms with van der Waals surface area (Å²) in [4.78, 5) is 28.6. The molecule has 0 aromatic heterocycles. The number of carbonyl (C=O) groups is 2. The number of Topliss-reactive ketones (excluding diaryl/α,β-unsaturated/α-hetero) is 1. The van der Waals surface area contributed by atoms with Gasteiger partial charge in [-0.2, -0.15) is 0 Å². The lowest BCUT2D eigenvalue weighted by atomic mass is 9.67. The maximum Gasteiger partial charge on any atom is 0.231 e. The Balaban J connectivity index is 1.91. The lowest BCUT2D eigenvalue weighted by Gasteiger charge is -2.36. The van der Waals surface area contributed by atoms with Crippen molar-refractivity contribution in [1.82, 2.24) is 0 Å². The lowest BCUT2D eigenvalue weighted by molar-refractivity contribution is -0.116. The first kappa shape index (κ1) is 14.1. The molecule has 23 heavy (non-hydrogen) atoms. The van der Waals surface area contributed by atoms with E-state index in [0.717, 1.165) is 6.29 Å². The van der Waals surface area contributed by atoms with E-state index in [-0.39, 0.29) is 24.7 Å². The minimum absolute atomic E-state index is 0.0927. The van der Waals surface area contributed by atoms with Gasteiger partial charge in [0.1, 0.15) is 5.41 Å². The van der Waals surface area contributed by atoms with E-state index in [4.69, 9.17) is 14.2 Å². The molecule has 0 fully saturated rings. The maximum absolute atomic E-state index is 12.7. The van der Waals surface area contributed by atoms with Gasteiger partial charge in [0.25, 0.3) is 0 Å². The number of carbonyl (C=O) groups excluding carboxylic acids is 2. The second-order valence-electron chi connectivity index (χ2n) is 5.81. The summed E-state index contributed by atoms with van der Waals surface area (Å²) in [5.74, 6) is 0.931. The summed E-state index contributed by atoms with van der Waals surface area (Å²) in [5.41, 5.74) is 0.0559. The highest BCUT2D eigenvalue weighted by molar-refractivity contribution is 6.35. The smallest absolute Gasteiger partial charge is 0.231 e. The predicted octanol–water partition coefficient (Wildman–Crippen LogP) is 1.46. The fraction of sp³-hybridized carbons (Fsp3) is 0.353. The number of hydrogen-bond donors (Lipinski definition) is 0. The Kier molecular flexibility index (Phi) is 3.09. The van der Waals surface area contributed by atoms with E-state index < -0.39 is 5.41 Å². The van der Waals surface area contributed by atoms with Crippen LogP contribution in [0.25, 0.3) is 0 Å². The highest BCUT2D eigenvalue weighted by Gasteiger charge is 2.51. The summed E-state index contributed by atoms with van der Waals surface area (Å²) < 4.78 is 16.1. The van der Waals surface area contributed by atoms with Crippen LogP contribution in [0.2, 0.25) is 0 Å². The average Bonchev–Trinajstić information content (AvgIpc) is 3.17. The zero-order valence-corrected chi connectivity index (χ0v) is 12.5. The Labute approximate surface area is 132 Å². The third-order valence-corrected chi connectivity index (χ3v) is 4.75. The molecule has 2 heterocycles. The molecule has 3 atom stereocenters. The number of hydrogen-bond acceptors (Lipinski definition) is 6. The molecule has 0 amide bonds. The Hall–Kier alpha value is -2.47. The number of aldehydes is 1. The number of aliphatic imine (C=N–C) groups is 1. The monoisotopic (exact) mass is 313 g/mol. The molecular formula is C17H15NO5. The molecule has 0 saturated carbocycles. The number of fused-ring (bicyclic) bond motifs is 2. The van der Waals surface area contributed by atoms with Crippen LogP contribution in [0.3, 0.4) is 0 Å². The molecule has 2 aliphatic heterocycles. The highest BCUT2D eigenvalue weighted by atomic mass is 16.7. The van der Waals surface area contributed by atoms with Crippen molar-refractivity contribution < 1.29 is 23.8 Å². The summed E-state index contributed by atoms with van der Waals surface area (Å²) in [5, 5.41) is 0. The van der Waals surface area contributed by atoms with Crippen molar-refractivity contribution in [1.29, 1.82) is 0 Å². The van der Waals surface area contributed by atoms with Crippen LogP contribution >= 0.6 is 0 Å². The predicted molar refractivity (Wildman–Crippen MR) is 81.5 cm³/mol. The van der Waals surface area contributed by atoms with E-state index in [1.165, 1.54) is 6.21 Å². The molecule has 0 unspecified atom stereocenters. The molecule has 0 bridgehead atoms. The summed E-state index contributed by atoms with van der Waals surface area (Å²) in [6, 6.07) is 3.06. The zero-order chi connectivity index (χ0) is 16.0. The molecule has 1 aliphatic carbocycles. The number of nitrogens with zero attached hydrogens (tertiary/aromatic N) is 1. The van der Waals surface area contributed by atoms with E-state index in [1.54, 1.807) is 19.2 Å². The molecule has 6 heteroatoms. The van der Waals surface area contributed by atoms with Gasteiger partial charge in [0.2, 0.25) is 6.79 Å². The molecule has 0 saturated heterocycles. The first-order valence-electron chi connectivity index (χ1n) is 7.38. The standard InChI is InChI=1S/C17H15NO5/c1-21-11-2-3-17(15(5-11)18-7-16(17)20)12-6-14-13(22-9-23-14)4-10(12)8-19/h2-4,6-8,11,15H,5,9H2,1H3/t11-,15+,17+/m1/s1. The van der Waals surface area contributed by atoms with Crippen molar-refractivity contribution in [2.45, 2.75) is 24.0 Å². The van der Waals surface area contributed by atoms with E-state index in [2.05, 4.69) is 4.99 Å². The minimum Gasteiger partial charge on any atom is -0.454 e. The molecule has 1 aromatic carbocycles. The largest absolute Gasteiger partial charge is 0.454 e. The number of ketones is 1. The van der Waals surface area contributed by atoms with E-state index in [9.17, 15) is 9.59 Å². The van der Waals surface area contributed by atoms with Gasteiger partial charge in [-0.3, -0.25) is 14.6 Å². The van der Waals surface area contributed by atoms with Gasteiger partial charge in [-0.1, -0.05) is 12.2 Å². The Morgan fingerprint density at radius 3 is 2.87 bits per heavy atom. The summed E-state index contributed by atoms with van der Waals surface area (Å²) in [6.45, 7) is 0.111. The van der Waals surface area contributed by atoms with Crippen LogP contribution in [0.5, 0.6) is 11.5 Å². The van der Waals surface area contributed by atoms with Gasteiger partial charge in [0.15, 0.2) is 23.6 Å².